The summed E-state index contributed by atoms with van der Waals surface area (Å²) in [7, 11) is 0. The second-order valence-electron chi connectivity index (χ2n) is 5.08. The Hall–Kier alpha value is -1.68. The van der Waals surface area contributed by atoms with Crippen LogP contribution in [0.3, 0.4) is 0 Å². The average molecular weight is 273 g/mol. The zero-order valence-electron chi connectivity index (χ0n) is 12.5. The summed E-state index contributed by atoms with van der Waals surface area (Å²) in [5.74, 6) is 2.13. The Morgan fingerprint density at radius 1 is 1.20 bits per heavy atom. The van der Waals surface area contributed by atoms with Crippen LogP contribution >= 0.6 is 0 Å². The maximum Gasteiger partial charge on any atom is 0.137 e. The molecule has 0 radical (unpaired) electrons. The number of nitrogens with zero attached hydrogens (tertiary/aromatic N) is 2. The molecule has 4 nitrogen and oxygen atoms in total. The van der Waals surface area contributed by atoms with Crippen molar-refractivity contribution in [1.29, 1.82) is 0 Å². The van der Waals surface area contributed by atoms with Crippen molar-refractivity contribution in [1.82, 2.24) is 9.97 Å². The van der Waals surface area contributed by atoms with Gasteiger partial charge in [0.1, 0.15) is 11.6 Å². The van der Waals surface area contributed by atoms with E-state index in [1.54, 1.807) is 0 Å². The Kier molecular flexibility index (Phi) is 5.30. The lowest BCUT2D eigenvalue weighted by molar-refractivity contribution is 0.147. The minimum absolute atomic E-state index is 0.323. The van der Waals surface area contributed by atoms with E-state index in [2.05, 4.69) is 35.2 Å². The third kappa shape index (κ3) is 3.67. The first-order valence-electron chi connectivity index (χ1n) is 7.30. The molecule has 0 saturated heterocycles. The lowest BCUT2D eigenvalue weighted by Gasteiger charge is -2.12. The van der Waals surface area contributed by atoms with E-state index in [1.807, 2.05) is 25.1 Å². The topological polar surface area (TPSA) is 47.0 Å². The van der Waals surface area contributed by atoms with Crippen molar-refractivity contribution in [3.8, 4) is 0 Å². The molecular weight excluding hydrogens is 250 g/mol. The Balaban J connectivity index is 2.17. The van der Waals surface area contributed by atoms with Crippen LogP contribution in [0.1, 0.15) is 38.9 Å². The van der Waals surface area contributed by atoms with Gasteiger partial charge in [-0.3, -0.25) is 0 Å². The molecule has 0 atom stereocenters. The molecule has 4 heteroatoms. The quantitative estimate of drug-likeness (QED) is 0.783. The molecule has 0 aliphatic heterocycles. The van der Waals surface area contributed by atoms with Gasteiger partial charge in [0.2, 0.25) is 0 Å². The first-order chi connectivity index (χ1) is 9.72. The highest BCUT2D eigenvalue weighted by Crippen LogP contribution is 2.22. The summed E-state index contributed by atoms with van der Waals surface area (Å²) in [5.41, 5.74) is 0.999. The lowest BCUT2D eigenvalue weighted by atomic mass is 10.1. The van der Waals surface area contributed by atoms with Crippen LogP contribution in [0.4, 0.5) is 5.82 Å². The molecule has 0 saturated carbocycles. The lowest BCUT2D eigenvalue weighted by Crippen LogP contribution is -2.09. The van der Waals surface area contributed by atoms with Gasteiger partial charge in [-0.05, 0) is 25.5 Å². The van der Waals surface area contributed by atoms with Crippen molar-refractivity contribution < 1.29 is 4.74 Å². The Morgan fingerprint density at radius 3 is 2.75 bits per heavy atom. The Morgan fingerprint density at radius 2 is 2.00 bits per heavy atom. The van der Waals surface area contributed by atoms with Gasteiger partial charge in [-0.1, -0.05) is 26.0 Å². The fourth-order valence-electron chi connectivity index (χ4n) is 2.01. The first kappa shape index (κ1) is 14.7. The van der Waals surface area contributed by atoms with Gasteiger partial charge in [0.25, 0.3) is 0 Å². The minimum atomic E-state index is 0.323. The molecule has 0 unspecified atom stereocenters. The van der Waals surface area contributed by atoms with Gasteiger partial charge in [-0.15, -0.1) is 0 Å². The molecule has 1 aromatic carbocycles. The van der Waals surface area contributed by atoms with Crippen LogP contribution in [0.5, 0.6) is 0 Å². The standard InChI is InChI=1S/C16H23N3O/c1-4-20-11-7-10-17-16-13-8-5-6-9-14(13)18-15(19-16)12(2)3/h5-6,8-9,12H,4,7,10-11H2,1-3H3,(H,17,18,19). The monoisotopic (exact) mass is 273 g/mol. The molecule has 0 amide bonds. The average Bonchev–Trinajstić information content (AvgIpc) is 2.46. The summed E-state index contributed by atoms with van der Waals surface area (Å²) < 4.78 is 5.35. The predicted octanol–water partition coefficient (Wildman–Crippen LogP) is 3.59. The third-order valence-corrected chi connectivity index (χ3v) is 3.10. The molecule has 0 aliphatic rings. The SMILES string of the molecule is CCOCCCNc1nc(C(C)C)nc2ccccc12. The van der Waals surface area contributed by atoms with Crippen LogP contribution < -0.4 is 5.32 Å². The summed E-state index contributed by atoms with van der Waals surface area (Å²) in [4.78, 5) is 9.27. The van der Waals surface area contributed by atoms with Crippen molar-refractivity contribution in [2.75, 3.05) is 25.1 Å². The second kappa shape index (κ2) is 7.20. The molecule has 20 heavy (non-hydrogen) atoms. The highest BCUT2D eigenvalue weighted by atomic mass is 16.5. The van der Waals surface area contributed by atoms with E-state index in [9.17, 15) is 0 Å². The number of rotatable bonds is 7. The Labute approximate surface area is 120 Å². The van der Waals surface area contributed by atoms with Crippen molar-refractivity contribution in [2.24, 2.45) is 0 Å². The van der Waals surface area contributed by atoms with Crippen LogP contribution in [0.2, 0.25) is 0 Å². The third-order valence-electron chi connectivity index (χ3n) is 3.10. The van der Waals surface area contributed by atoms with Crippen LogP contribution in [0.25, 0.3) is 10.9 Å². The predicted molar refractivity (Wildman–Crippen MR) is 83.2 cm³/mol. The fraction of sp³-hybridized carbons (Fsp3) is 0.500. The van der Waals surface area contributed by atoms with Gasteiger partial charge >= 0.3 is 0 Å². The summed E-state index contributed by atoms with van der Waals surface area (Å²) in [6.45, 7) is 8.66. The molecule has 1 heterocycles. The van der Waals surface area contributed by atoms with Crippen LogP contribution in [0, 0.1) is 0 Å². The number of nitrogens with one attached hydrogen (secondary N) is 1. The molecule has 1 aromatic heterocycles. The summed E-state index contributed by atoms with van der Waals surface area (Å²) in [6.07, 6.45) is 0.975. The number of ether oxygens (including phenoxy) is 1. The van der Waals surface area contributed by atoms with E-state index in [0.717, 1.165) is 48.7 Å². The number of anilines is 1. The summed E-state index contributed by atoms with van der Waals surface area (Å²) >= 11 is 0. The van der Waals surface area contributed by atoms with Crippen LogP contribution in [0.15, 0.2) is 24.3 Å². The van der Waals surface area contributed by atoms with Gasteiger partial charge in [-0.25, -0.2) is 9.97 Å². The highest BCUT2D eigenvalue weighted by molar-refractivity contribution is 5.89. The number of hydrogen-bond acceptors (Lipinski definition) is 4. The Bertz CT molecular complexity index is 554. The molecule has 0 bridgehead atoms. The van der Waals surface area contributed by atoms with Gasteiger partial charge in [0.05, 0.1) is 5.52 Å². The molecule has 0 fully saturated rings. The van der Waals surface area contributed by atoms with Crippen molar-refractivity contribution in [3.05, 3.63) is 30.1 Å². The van der Waals surface area contributed by atoms with Crippen molar-refractivity contribution in [3.63, 3.8) is 0 Å². The van der Waals surface area contributed by atoms with Crippen molar-refractivity contribution in [2.45, 2.75) is 33.1 Å². The van der Waals surface area contributed by atoms with Gasteiger partial charge in [0.15, 0.2) is 0 Å². The molecule has 108 valence electrons. The van der Waals surface area contributed by atoms with E-state index in [1.165, 1.54) is 0 Å². The molecule has 0 aliphatic carbocycles. The van der Waals surface area contributed by atoms with E-state index in [-0.39, 0.29) is 0 Å². The van der Waals surface area contributed by atoms with Crippen molar-refractivity contribution >= 4 is 16.7 Å². The largest absolute Gasteiger partial charge is 0.382 e. The highest BCUT2D eigenvalue weighted by Gasteiger charge is 2.09. The van der Waals surface area contributed by atoms with E-state index < -0.39 is 0 Å². The van der Waals surface area contributed by atoms with Gasteiger partial charge in [-0.2, -0.15) is 0 Å². The van der Waals surface area contributed by atoms with Crippen LogP contribution in [-0.2, 0) is 4.74 Å². The zero-order valence-corrected chi connectivity index (χ0v) is 12.5. The number of aromatic nitrogens is 2. The second-order valence-corrected chi connectivity index (χ2v) is 5.08. The van der Waals surface area contributed by atoms with E-state index >= 15 is 0 Å². The fourth-order valence-corrected chi connectivity index (χ4v) is 2.01. The number of benzene rings is 1. The normalized spacial score (nSPS) is 11.2. The zero-order chi connectivity index (χ0) is 14.4. The summed E-state index contributed by atoms with van der Waals surface area (Å²) in [5, 5.41) is 4.49. The van der Waals surface area contributed by atoms with E-state index in [4.69, 9.17) is 4.74 Å². The molecule has 0 spiro atoms. The van der Waals surface area contributed by atoms with Crippen LogP contribution in [-0.4, -0.2) is 29.7 Å². The molecular formula is C16H23N3O. The number of fused-ring (bicyclic) bond motifs is 1. The maximum atomic E-state index is 5.35. The van der Waals surface area contributed by atoms with Gasteiger partial charge in [0, 0.05) is 31.1 Å². The number of hydrogen-bond donors (Lipinski definition) is 1. The minimum Gasteiger partial charge on any atom is -0.382 e. The number of para-hydroxylation sites is 1. The molecule has 2 rings (SSSR count). The molecule has 1 N–H and O–H groups in total. The molecule has 2 aromatic rings. The summed E-state index contributed by atoms with van der Waals surface area (Å²) in [6, 6.07) is 8.13. The smallest absolute Gasteiger partial charge is 0.137 e. The van der Waals surface area contributed by atoms with E-state index in [0.29, 0.717) is 5.92 Å². The van der Waals surface area contributed by atoms with Gasteiger partial charge < -0.3 is 10.1 Å². The maximum absolute atomic E-state index is 5.35. The first-order valence-corrected chi connectivity index (χ1v) is 7.30.